The molecule has 0 unspecified atom stereocenters. The van der Waals surface area contributed by atoms with E-state index in [1.165, 1.54) is 0 Å². The molecule has 0 saturated heterocycles. The van der Waals surface area contributed by atoms with Crippen LogP contribution < -0.4 is 5.32 Å². The second kappa shape index (κ2) is 6.08. The molecular formula is C16H20N4O. The lowest BCUT2D eigenvalue weighted by molar-refractivity contribution is 0.470. The first-order valence-corrected chi connectivity index (χ1v) is 7.44. The highest BCUT2D eigenvalue weighted by atomic mass is 16.4. The zero-order valence-electron chi connectivity index (χ0n) is 12.5. The molecule has 3 rings (SSSR count). The van der Waals surface area contributed by atoms with Crippen molar-refractivity contribution in [2.24, 2.45) is 10.9 Å². The average Bonchev–Trinajstić information content (AvgIpc) is 3.17. The molecule has 0 amide bonds. The molecule has 110 valence electrons. The highest BCUT2D eigenvalue weighted by Gasteiger charge is 2.11. The minimum atomic E-state index is 0.585. The number of amidine groups is 1. The van der Waals surface area contributed by atoms with Gasteiger partial charge >= 0.3 is 0 Å². The molecule has 0 atom stereocenters. The van der Waals surface area contributed by atoms with E-state index in [1.807, 2.05) is 24.3 Å². The van der Waals surface area contributed by atoms with Crippen LogP contribution in [0.4, 0.5) is 0 Å². The fraction of sp³-hybridized carbons (Fsp3) is 0.438. The number of aliphatic imine (C=N–C) groups is 1. The molecule has 1 aliphatic rings. The molecule has 5 nitrogen and oxygen atoms in total. The second-order valence-corrected chi connectivity index (χ2v) is 5.67. The molecule has 0 saturated carbocycles. The maximum absolute atomic E-state index is 5.72. The molecule has 5 heteroatoms. The number of benzene rings is 1. The minimum absolute atomic E-state index is 0.585. The molecule has 21 heavy (non-hydrogen) atoms. The first kappa shape index (κ1) is 13.8. The molecule has 0 spiro atoms. The summed E-state index contributed by atoms with van der Waals surface area (Å²) in [6.45, 7) is 6.14. The second-order valence-electron chi connectivity index (χ2n) is 5.67. The molecule has 2 heterocycles. The Morgan fingerprint density at radius 3 is 2.57 bits per heavy atom. The van der Waals surface area contributed by atoms with Gasteiger partial charge in [0.1, 0.15) is 5.84 Å². The van der Waals surface area contributed by atoms with Crippen molar-refractivity contribution >= 4 is 5.84 Å². The number of aromatic nitrogens is 2. The fourth-order valence-electron chi connectivity index (χ4n) is 2.25. The van der Waals surface area contributed by atoms with Crippen molar-refractivity contribution < 1.29 is 4.42 Å². The Bertz CT molecular complexity index is 628. The van der Waals surface area contributed by atoms with Crippen LogP contribution in [0.25, 0.3) is 11.5 Å². The topological polar surface area (TPSA) is 63.3 Å². The van der Waals surface area contributed by atoms with Crippen LogP contribution >= 0.6 is 0 Å². The lowest BCUT2D eigenvalue weighted by Crippen LogP contribution is -2.19. The van der Waals surface area contributed by atoms with Crippen LogP contribution in [0.1, 0.15) is 31.7 Å². The molecule has 1 aliphatic heterocycles. The number of nitrogens with one attached hydrogen (secondary N) is 1. The molecule has 0 fully saturated rings. The molecule has 2 aromatic rings. The number of aryl methyl sites for hydroxylation is 1. The van der Waals surface area contributed by atoms with Crippen molar-refractivity contribution in [3.8, 4) is 11.5 Å². The molecule has 0 aliphatic carbocycles. The van der Waals surface area contributed by atoms with Crippen molar-refractivity contribution in [1.82, 2.24) is 15.5 Å². The Balaban J connectivity index is 1.72. The molecule has 0 radical (unpaired) electrons. The highest BCUT2D eigenvalue weighted by molar-refractivity contribution is 5.99. The quantitative estimate of drug-likeness (QED) is 0.917. The van der Waals surface area contributed by atoms with Gasteiger partial charge in [-0.1, -0.05) is 26.0 Å². The van der Waals surface area contributed by atoms with E-state index in [2.05, 4.69) is 34.4 Å². The van der Waals surface area contributed by atoms with Crippen molar-refractivity contribution in [3.05, 3.63) is 35.7 Å². The largest absolute Gasteiger partial charge is 0.421 e. The van der Waals surface area contributed by atoms with Gasteiger partial charge in [0.2, 0.25) is 11.8 Å². The molecule has 1 N–H and O–H groups in total. The smallest absolute Gasteiger partial charge is 0.247 e. The Labute approximate surface area is 124 Å². The van der Waals surface area contributed by atoms with Gasteiger partial charge in [0, 0.05) is 24.1 Å². The normalized spacial score (nSPS) is 14.3. The Hall–Kier alpha value is -2.17. The van der Waals surface area contributed by atoms with Crippen LogP contribution in [0.5, 0.6) is 0 Å². The van der Waals surface area contributed by atoms with Gasteiger partial charge in [-0.15, -0.1) is 10.2 Å². The van der Waals surface area contributed by atoms with Crippen molar-refractivity contribution in [1.29, 1.82) is 0 Å². The highest BCUT2D eigenvalue weighted by Crippen LogP contribution is 2.20. The van der Waals surface area contributed by atoms with Crippen molar-refractivity contribution in [2.75, 3.05) is 13.1 Å². The SMILES string of the molecule is CC(C)CCc1nnc(-c2ccc(C3=NCCN3)cc2)o1. The Kier molecular flexibility index (Phi) is 3.99. The van der Waals surface area contributed by atoms with Crippen LogP contribution in [0, 0.1) is 5.92 Å². The third kappa shape index (κ3) is 3.29. The summed E-state index contributed by atoms with van der Waals surface area (Å²) in [6.07, 6.45) is 1.90. The summed E-state index contributed by atoms with van der Waals surface area (Å²) in [5.41, 5.74) is 2.04. The van der Waals surface area contributed by atoms with Crippen LogP contribution in [0.15, 0.2) is 33.7 Å². The van der Waals surface area contributed by atoms with E-state index >= 15 is 0 Å². The third-order valence-electron chi connectivity index (χ3n) is 3.48. The molecular weight excluding hydrogens is 264 g/mol. The van der Waals surface area contributed by atoms with E-state index in [-0.39, 0.29) is 0 Å². The summed E-state index contributed by atoms with van der Waals surface area (Å²) in [7, 11) is 0. The summed E-state index contributed by atoms with van der Waals surface area (Å²) in [4.78, 5) is 4.41. The van der Waals surface area contributed by atoms with Gasteiger partial charge in [0.15, 0.2) is 0 Å². The van der Waals surface area contributed by atoms with Gasteiger partial charge in [-0.2, -0.15) is 0 Å². The average molecular weight is 284 g/mol. The van der Waals surface area contributed by atoms with E-state index in [4.69, 9.17) is 4.42 Å². The van der Waals surface area contributed by atoms with E-state index < -0.39 is 0 Å². The first-order chi connectivity index (χ1) is 10.2. The maximum Gasteiger partial charge on any atom is 0.247 e. The molecule has 1 aromatic heterocycles. The van der Waals surface area contributed by atoms with Crippen LogP contribution in [0.2, 0.25) is 0 Å². The number of hydrogen-bond donors (Lipinski definition) is 1. The standard InChI is InChI=1S/C16H20N4O/c1-11(2)3-8-14-19-20-16(21-14)13-6-4-12(5-7-13)15-17-9-10-18-15/h4-7,11H,3,8-10H2,1-2H3,(H,17,18). The van der Waals surface area contributed by atoms with Crippen LogP contribution in [0.3, 0.4) is 0 Å². The lowest BCUT2D eigenvalue weighted by Gasteiger charge is -2.02. The van der Waals surface area contributed by atoms with Gasteiger partial charge in [0.25, 0.3) is 0 Å². The summed E-state index contributed by atoms with van der Waals surface area (Å²) < 4.78 is 5.72. The van der Waals surface area contributed by atoms with E-state index in [0.717, 1.165) is 42.9 Å². The predicted molar refractivity (Wildman–Crippen MR) is 82.3 cm³/mol. The predicted octanol–water partition coefficient (Wildman–Crippen LogP) is 2.68. The number of rotatable bonds is 5. The monoisotopic (exact) mass is 284 g/mol. The van der Waals surface area contributed by atoms with Crippen molar-refractivity contribution in [2.45, 2.75) is 26.7 Å². The molecule has 0 bridgehead atoms. The first-order valence-electron chi connectivity index (χ1n) is 7.44. The maximum atomic E-state index is 5.72. The third-order valence-corrected chi connectivity index (χ3v) is 3.48. The fourth-order valence-corrected chi connectivity index (χ4v) is 2.25. The number of nitrogens with zero attached hydrogens (tertiary/aromatic N) is 3. The van der Waals surface area contributed by atoms with Gasteiger partial charge in [-0.3, -0.25) is 4.99 Å². The van der Waals surface area contributed by atoms with E-state index in [0.29, 0.717) is 17.7 Å². The zero-order valence-corrected chi connectivity index (χ0v) is 12.5. The van der Waals surface area contributed by atoms with Crippen molar-refractivity contribution in [3.63, 3.8) is 0 Å². The minimum Gasteiger partial charge on any atom is -0.421 e. The summed E-state index contributed by atoms with van der Waals surface area (Å²) in [6, 6.07) is 8.06. The summed E-state index contributed by atoms with van der Waals surface area (Å²) in [5.74, 6) is 2.90. The Morgan fingerprint density at radius 2 is 1.90 bits per heavy atom. The summed E-state index contributed by atoms with van der Waals surface area (Å²) in [5, 5.41) is 11.5. The lowest BCUT2D eigenvalue weighted by atomic mass is 10.1. The Morgan fingerprint density at radius 1 is 1.14 bits per heavy atom. The van der Waals surface area contributed by atoms with Gasteiger partial charge in [-0.05, 0) is 24.5 Å². The number of hydrogen-bond acceptors (Lipinski definition) is 5. The van der Waals surface area contributed by atoms with Gasteiger partial charge < -0.3 is 9.73 Å². The van der Waals surface area contributed by atoms with E-state index in [1.54, 1.807) is 0 Å². The van der Waals surface area contributed by atoms with E-state index in [9.17, 15) is 0 Å². The molecule has 1 aromatic carbocycles. The summed E-state index contributed by atoms with van der Waals surface area (Å²) >= 11 is 0. The van der Waals surface area contributed by atoms with Crippen LogP contribution in [-0.2, 0) is 6.42 Å². The van der Waals surface area contributed by atoms with Crippen LogP contribution in [-0.4, -0.2) is 29.1 Å². The van der Waals surface area contributed by atoms with Gasteiger partial charge in [0.05, 0.1) is 6.54 Å². The zero-order chi connectivity index (χ0) is 14.7. The van der Waals surface area contributed by atoms with Gasteiger partial charge in [-0.25, -0.2) is 0 Å².